The van der Waals surface area contributed by atoms with Crippen molar-refractivity contribution in [1.82, 2.24) is 0 Å². The first-order valence-electron chi connectivity index (χ1n) is 6.34. The van der Waals surface area contributed by atoms with Crippen molar-refractivity contribution in [3.05, 3.63) is 70.8 Å². The number of esters is 1. The van der Waals surface area contributed by atoms with E-state index in [1.54, 1.807) is 18.4 Å². The van der Waals surface area contributed by atoms with Gasteiger partial charge in [-0.2, -0.15) is 0 Å². The predicted octanol–water partition coefficient (Wildman–Crippen LogP) is 4.28. The van der Waals surface area contributed by atoms with E-state index in [0.717, 1.165) is 16.8 Å². The highest BCUT2D eigenvalue weighted by Crippen LogP contribution is 2.23. The Balaban J connectivity index is 2.08. The normalized spacial score (nSPS) is 11.1. The number of carbonyl (C=O) groups is 1. The largest absolute Gasteiger partial charge is 0.466 e. The van der Waals surface area contributed by atoms with Crippen molar-refractivity contribution < 1.29 is 9.53 Å². The lowest BCUT2D eigenvalue weighted by molar-refractivity contribution is -0.134. The Labute approximate surface area is 128 Å². The number of carbonyl (C=O) groups excluding carboxylic acids is 1. The van der Waals surface area contributed by atoms with Crippen LogP contribution >= 0.6 is 11.6 Å². The summed E-state index contributed by atoms with van der Waals surface area (Å²) in [6.07, 6.45) is 4.82. The molecule has 0 N–H and O–H groups in total. The fourth-order valence-corrected chi connectivity index (χ4v) is 1.81. The Kier molecular flexibility index (Phi) is 5.29. The van der Waals surface area contributed by atoms with Gasteiger partial charge >= 0.3 is 5.97 Å². The van der Waals surface area contributed by atoms with Crippen LogP contribution in [0.25, 0.3) is 6.08 Å². The second-order valence-corrected chi connectivity index (χ2v) is 4.64. The molecule has 0 aliphatic heterocycles. The van der Waals surface area contributed by atoms with Gasteiger partial charge in [0.25, 0.3) is 0 Å². The van der Waals surface area contributed by atoms with Crippen LogP contribution in [0.2, 0.25) is 5.02 Å². The third kappa shape index (κ3) is 4.58. The molecule has 3 nitrogen and oxygen atoms in total. The summed E-state index contributed by atoms with van der Waals surface area (Å²) in [5, 5.41) is 0.617. The molecule has 0 unspecified atom stereocenters. The quantitative estimate of drug-likeness (QED) is 0.480. The maximum atomic E-state index is 11.0. The first-order chi connectivity index (χ1) is 10.2. The Morgan fingerprint density at radius 1 is 1.10 bits per heavy atom. The number of rotatable bonds is 4. The van der Waals surface area contributed by atoms with Gasteiger partial charge in [0.2, 0.25) is 0 Å². The van der Waals surface area contributed by atoms with Crippen molar-refractivity contribution >= 4 is 35.5 Å². The number of para-hydroxylation sites is 1. The highest BCUT2D eigenvalue weighted by atomic mass is 35.5. The Hall–Kier alpha value is -2.39. The number of halogens is 1. The number of nitrogens with zero attached hydrogens (tertiary/aromatic N) is 1. The first-order valence-corrected chi connectivity index (χ1v) is 6.71. The molecule has 0 aromatic heterocycles. The van der Waals surface area contributed by atoms with Crippen LogP contribution in [0.15, 0.2) is 59.6 Å². The van der Waals surface area contributed by atoms with Crippen LogP contribution in [-0.4, -0.2) is 19.3 Å². The van der Waals surface area contributed by atoms with Gasteiger partial charge in [-0.3, -0.25) is 4.99 Å². The van der Waals surface area contributed by atoms with Crippen LogP contribution in [0, 0.1) is 0 Å². The minimum atomic E-state index is -0.376. The molecule has 0 fully saturated rings. The van der Waals surface area contributed by atoms with Gasteiger partial charge in [-0.15, -0.1) is 0 Å². The fraction of sp³-hybridized carbons (Fsp3) is 0.0588. The minimum Gasteiger partial charge on any atom is -0.466 e. The van der Waals surface area contributed by atoms with Gasteiger partial charge in [0.05, 0.1) is 17.8 Å². The molecule has 0 atom stereocenters. The third-order valence-electron chi connectivity index (χ3n) is 2.75. The standard InChI is InChI=1S/C17H14ClNO2/c1-21-17(20)11-10-13-6-8-14(9-7-13)12-19-16-5-3-2-4-15(16)18/h2-12H,1H3/b11-10+,19-12?. The second kappa shape index (κ2) is 7.41. The maximum absolute atomic E-state index is 11.0. The van der Waals surface area contributed by atoms with Gasteiger partial charge in [0.1, 0.15) is 0 Å². The highest BCUT2D eigenvalue weighted by Gasteiger charge is 1.95. The zero-order chi connectivity index (χ0) is 15.1. The molecule has 0 spiro atoms. The fourth-order valence-electron chi connectivity index (χ4n) is 1.63. The number of aliphatic imine (C=N–C) groups is 1. The summed E-state index contributed by atoms with van der Waals surface area (Å²) < 4.78 is 4.54. The van der Waals surface area contributed by atoms with Crippen LogP contribution in [-0.2, 0) is 9.53 Å². The van der Waals surface area contributed by atoms with Crippen molar-refractivity contribution in [1.29, 1.82) is 0 Å². The number of hydrogen-bond donors (Lipinski definition) is 0. The molecule has 0 aliphatic carbocycles. The molecule has 0 radical (unpaired) electrons. The van der Waals surface area contributed by atoms with Crippen LogP contribution < -0.4 is 0 Å². The monoisotopic (exact) mass is 299 g/mol. The lowest BCUT2D eigenvalue weighted by Gasteiger charge is -1.98. The first kappa shape index (κ1) is 15.0. The molecule has 4 heteroatoms. The van der Waals surface area contributed by atoms with Gasteiger partial charge in [-0.1, -0.05) is 48.0 Å². The van der Waals surface area contributed by atoms with Crippen molar-refractivity contribution in [3.63, 3.8) is 0 Å². The van der Waals surface area contributed by atoms with Gasteiger partial charge in [0, 0.05) is 12.3 Å². The minimum absolute atomic E-state index is 0.376. The summed E-state index contributed by atoms with van der Waals surface area (Å²) in [4.78, 5) is 15.3. The molecular weight excluding hydrogens is 286 g/mol. The Bertz CT molecular complexity index is 675. The lowest BCUT2D eigenvalue weighted by atomic mass is 10.1. The molecule has 21 heavy (non-hydrogen) atoms. The molecule has 0 heterocycles. The molecule has 106 valence electrons. The summed E-state index contributed by atoms with van der Waals surface area (Å²) >= 11 is 6.03. The Morgan fingerprint density at radius 2 is 1.76 bits per heavy atom. The van der Waals surface area contributed by atoms with Crippen LogP contribution in [0.1, 0.15) is 11.1 Å². The SMILES string of the molecule is COC(=O)/C=C/c1ccc(C=Nc2ccccc2Cl)cc1. The molecule has 0 saturated heterocycles. The summed E-state index contributed by atoms with van der Waals surface area (Å²) in [5.41, 5.74) is 2.59. The zero-order valence-corrected chi connectivity index (χ0v) is 12.2. The van der Waals surface area contributed by atoms with Crippen LogP contribution in [0.5, 0.6) is 0 Å². The average Bonchev–Trinajstić information content (AvgIpc) is 2.53. The van der Waals surface area contributed by atoms with Crippen molar-refractivity contribution in [3.8, 4) is 0 Å². The van der Waals surface area contributed by atoms with Crippen molar-refractivity contribution in [2.45, 2.75) is 0 Å². The van der Waals surface area contributed by atoms with Gasteiger partial charge in [0.15, 0.2) is 0 Å². The van der Waals surface area contributed by atoms with E-state index in [1.807, 2.05) is 42.5 Å². The topological polar surface area (TPSA) is 38.7 Å². The van der Waals surface area contributed by atoms with Crippen molar-refractivity contribution in [2.75, 3.05) is 7.11 Å². The maximum Gasteiger partial charge on any atom is 0.330 e. The molecule has 0 aliphatic rings. The summed E-state index contributed by atoms with van der Waals surface area (Å²) in [7, 11) is 1.35. The molecule has 0 amide bonds. The zero-order valence-electron chi connectivity index (χ0n) is 11.5. The predicted molar refractivity (Wildman–Crippen MR) is 86.2 cm³/mol. The van der Waals surface area contributed by atoms with Crippen molar-refractivity contribution in [2.24, 2.45) is 4.99 Å². The van der Waals surface area contributed by atoms with E-state index >= 15 is 0 Å². The van der Waals surface area contributed by atoms with Gasteiger partial charge in [-0.05, 0) is 29.3 Å². The van der Waals surface area contributed by atoms with E-state index in [1.165, 1.54) is 13.2 Å². The molecule has 2 aromatic rings. The number of hydrogen-bond acceptors (Lipinski definition) is 3. The van der Waals surface area contributed by atoms with E-state index in [2.05, 4.69) is 9.73 Å². The van der Waals surface area contributed by atoms with Gasteiger partial charge in [-0.25, -0.2) is 4.79 Å². The lowest BCUT2D eigenvalue weighted by Crippen LogP contribution is -1.93. The van der Waals surface area contributed by atoms with Crippen LogP contribution in [0.3, 0.4) is 0 Å². The summed E-state index contributed by atoms with van der Waals surface area (Å²) in [6.45, 7) is 0. The van der Waals surface area contributed by atoms with Gasteiger partial charge < -0.3 is 4.74 Å². The molecule has 0 bridgehead atoms. The molecule has 2 aromatic carbocycles. The summed E-state index contributed by atoms with van der Waals surface area (Å²) in [5.74, 6) is -0.376. The van der Waals surface area contributed by atoms with Crippen LogP contribution in [0.4, 0.5) is 5.69 Å². The van der Waals surface area contributed by atoms with E-state index in [9.17, 15) is 4.79 Å². The number of methoxy groups -OCH3 is 1. The molecule has 0 saturated carbocycles. The molecule has 2 rings (SSSR count). The molecular formula is C17H14ClNO2. The third-order valence-corrected chi connectivity index (χ3v) is 3.07. The Morgan fingerprint density at radius 3 is 2.43 bits per heavy atom. The highest BCUT2D eigenvalue weighted by molar-refractivity contribution is 6.33. The number of ether oxygens (including phenoxy) is 1. The van der Waals surface area contributed by atoms with E-state index < -0.39 is 0 Å². The second-order valence-electron chi connectivity index (χ2n) is 4.23. The average molecular weight is 300 g/mol. The smallest absolute Gasteiger partial charge is 0.330 e. The summed E-state index contributed by atoms with van der Waals surface area (Å²) in [6, 6.07) is 15.0. The van der Waals surface area contributed by atoms with E-state index in [4.69, 9.17) is 11.6 Å². The number of benzene rings is 2. The van der Waals surface area contributed by atoms with E-state index in [0.29, 0.717) is 5.02 Å². The van der Waals surface area contributed by atoms with E-state index in [-0.39, 0.29) is 5.97 Å².